The van der Waals surface area contributed by atoms with Crippen molar-refractivity contribution in [2.24, 2.45) is 7.05 Å². The molecular formula is C12H16FN3. The number of benzene rings is 1. The first-order valence-electron chi connectivity index (χ1n) is 5.46. The van der Waals surface area contributed by atoms with Gasteiger partial charge in [-0.2, -0.15) is 0 Å². The predicted octanol–water partition coefficient (Wildman–Crippen LogP) is 2.38. The second kappa shape index (κ2) is 4.22. The summed E-state index contributed by atoms with van der Waals surface area (Å²) >= 11 is 0. The van der Waals surface area contributed by atoms with Crippen molar-refractivity contribution in [2.75, 3.05) is 7.05 Å². The van der Waals surface area contributed by atoms with Crippen LogP contribution < -0.4 is 5.32 Å². The van der Waals surface area contributed by atoms with Gasteiger partial charge in [0.1, 0.15) is 11.6 Å². The summed E-state index contributed by atoms with van der Waals surface area (Å²) in [4.78, 5) is 4.53. The summed E-state index contributed by atoms with van der Waals surface area (Å²) in [5.41, 5.74) is 1.68. The smallest absolute Gasteiger partial charge is 0.126 e. The van der Waals surface area contributed by atoms with Gasteiger partial charge in [-0.05, 0) is 31.7 Å². The Kier molecular flexibility index (Phi) is 2.92. The van der Waals surface area contributed by atoms with E-state index in [9.17, 15) is 4.39 Å². The molecule has 0 spiro atoms. The first-order chi connectivity index (χ1) is 7.67. The number of nitrogens with one attached hydrogen (secondary N) is 1. The van der Waals surface area contributed by atoms with Gasteiger partial charge < -0.3 is 9.88 Å². The predicted molar refractivity (Wildman–Crippen MR) is 62.8 cm³/mol. The Morgan fingerprint density at radius 3 is 2.88 bits per heavy atom. The van der Waals surface area contributed by atoms with Crippen molar-refractivity contribution >= 4 is 11.0 Å². The number of fused-ring (bicyclic) bond motifs is 1. The number of nitrogens with zero attached hydrogens (tertiary/aromatic N) is 2. The largest absolute Gasteiger partial charge is 0.330 e. The van der Waals surface area contributed by atoms with Gasteiger partial charge in [-0.3, -0.25) is 0 Å². The second-order valence-electron chi connectivity index (χ2n) is 3.91. The SMILES string of the molecule is CCC(NC)c1nc2ccc(F)cc2n1C. The molecule has 1 atom stereocenters. The van der Waals surface area contributed by atoms with Crippen LogP contribution in [-0.2, 0) is 7.05 Å². The van der Waals surface area contributed by atoms with E-state index in [1.54, 1.807) is 6.07 Å². The molecule has 4 heteroatoms. The molecule has 2 rings (SSSR count). The molecule has 0 aliphatic carbocycles. The average molecular weight is 221 g/mol. The number of aryl methyl sites for hydroxylation is 1. The molecule has 0 bridgehead atoms. The molecule has 1 unspecified atom stereocenters. The molecule has 0 aliphatic rings. The van der Waals surface area contributed by atoms with E-state index in [1.165, 1.54) is 12.1 Å². The third-order valence-electron chi connectivity index (χ3n) is 2.95. The summed E-state index contributed by atoms with van der Waals surface area (Å²) in [6, 6.07) is 4.89. The Labute approximate surface area is 94.3 Å². The molecule has 1 aromatic carbocycles. The van der Waals surface area contributed by atoms with E-state index in [0.29, 0.717) is 0 Å². The molecule has 0 amide bonds. The summed E-state index contributed by atoms with van der Waals surface area (Å²) in [6.07, 6.45) is 0.955. The Hall–Kier alpha value is -1.42. The van der Waals surface area contributed by atoms with Gasteiger partial charge >= 0.3 is 0 Å². The van der Waals surface area contributed by atoms with E-state index in [0.717, 1.165) is 23.3 Å². The van der Waals surface area contributed by atoms with E-state index < -0.39 is 0 Å². The van der Waals surface area contributed by atoms with Crippen molar-refractivity contribution in [3.05, 3.63) is 29.8 Å². The summed E-state index contributed by atoms with van der Waals surface area (Å²) in [5, 5.41) is 3.21. The van der Waals surface area contributed by atoms with Gasteiger partial charge in [-0.25, -0.2) is 9.37 Å². The standard InChI is InChI=1S/C12H16FN3/c1-4-9(14-2)12-15-10-6-5-8(13)7-11(10)16(12)3/h5-7,9,14H,4H2,1-3H3. The maximum atomic E-state index is 13.1. The fraction of sp³-hybridized carbons (Fsp3) is 0.417. The lowest BCUT2D eigenvalue weighted by molar-refractivity contribution is 0.529. The van der Waals surface area contributed by atoms with Crippen LogP contribution in [0.3, 0.4) is 0 Å². The summed E-state index contributed by atoms with van der Waals surface area (Å²) < 4.78 is 15.1. The van der Waals surface area contributed by atoms with Crippen LogP contribution in [0.25, 0.3) is 11.0 Å². The molecule has 1 N–H and O–H groups in total. The fourth-order valence-electron chi connectivity index (χ4n) is 2.01. The van der Waals surface area contributed by atoms with Crippen molar-refractivity contribution in [3.63, 3.8) is 0 Å². The Bertz CT molecular complexity index is 500. The minimum atomic E-state index is -0.223. The third-order valence-corrected chi connectivity index (χ3v) is 2.95. The van der Waals surface area contributed by atoms with Crippen LogP contribution >= 0.6 is 0 Å². The van der Waals surface area contributed by atoms with Crippen LogP contribution in [0, 0.1) is 5.82 Å². The van der Waals surface area contributed by atoms with Gasteiger partial charge in [0.05, 0.1) is 17.1 Å². The highest BCUT2D eigenvalue weighted by Gasteiger charge is 2.15. The first kappa shape index (κ1) is 11.1. The van der Waals surface area contributed by atoms with Crippen molar-refractivity contribution in [2.45, 2.75) is 19.4 Å². The minimum absolute atomic E-state index is 0.209. The topological polar surface area (TPSA) is 29.9 Å². The van der Waals surface area contributed by atoms with Gasteiger partial charge in [-0.1, -0.05) is 6.92 Å². The first-order valence-corrected chi connectivity index (χ1v) is 5.46. The molecule has 1 aromatic heterocycles. The Morgan fingerprint density at radius 2 is 2.25 bits per heavy atom. The summed E-state index contributed by atoms with van der Waals surface area (Å²) in [7, 11) is 3.83. The Balaban J connectivity index is 2.59. The van der Waals surface area contributed by atoms with Crippen molar-refractivity contribution < 1.29 is 4.39 Å². The lowest BCUT2D eigenvalue weighted by Gasteiger charge is -2.13. The summed E-state index contributed by atoms with van der Waals surface area (Å²) in [6.45, 7) is 2.10. The van der Waals surface area contributed by atoms with E-state index in [4.69, 9.17) is 0 Å². The third kappa shape index (κ3) is 1.69. The molecule has 1 heterocycles. The molecule has 0 saturated heterocycles. The molecule has 0 radical (unpaired) electrons. The van der Waals surface area contributed by atoms with Crippen LogP contribution in [0.1, 0.15) is 25.2 Å². The number of aromatic nitrogens is 2. The van der Waals surface area contributed by atoms with Crippen LogP contribution in [-0.4, -0.2) is 16.6 Å². The summed E-state index contributed by atoms with van der Waals surface area (Å²) in [5.74, 6) is 0.727. The van der Waals surface area contributed by atoms with E-state index >= 15 is 0 Å². The molecule has 0 saturated carbocycles. The normalized spacial score (nSPS) is 13.2. The maximum absolute atomic E-state index is 13.1. The van der Waals surface area contributed by atoms with Gasteiger partial charge in [0.25, 0.3) is 0 Å². The molecule has 3 nitrogen and oxygen atoms in total. The molecule has 16 heavy (non-hydrogen) atoms. The average Bonchev–Trinajstić information content (AvgIpc) is 2.59. The molecule has 86 valence electrons. The van der Waals surface area contributed by atoms with Gasteiger partial charge in [0, 0.05) is 7.05 Å². The molecule has 0 aliphatic heterocycles. The lowest BCUT2D eigenvalue weighted by Crippen LogP contribution is -2.19. The number of rotatable bonds is 3. The van der Waals surface area contributed by atoms with Crippen molar-refractivity contribution in [1.82, 2.24) is 14.9 Å². The van der Waals surface area contributed by atoms with Crippen LogP contribution in [0.5, 0.6) is 0 Å². The number of halogens is 1. The molecule has 2 aromatic rings. The zero-order valence-corrected chi connectivity index (χ0v) is 9.79. The zero-order valence-electron chi connectivity index (χ0n) is 9.79. The second-order valence-corrected chi connectivity index (χ2v) is 3.91. The monoisotopic (exact) mass is 221 g/mol. The Morgan fingerprint density at radius 1 is 1.50 bits per heavy atom. The zero-order chi connectivity index (χ0) is 11.7. The van der Waals surface area contributed by atoms with E-state index in [1.807, 2.05) is 18.7 Å². The quantitative estimate of drug-likeness (QED) is 0.862. The van der Waals surface area contributed by atoms with Crippen molar-refractivity contribution in [3.8, 4) is 0 Å². The van der Waals surface area contributed by atoms with Gasteiger partial charge in [0.2, 0.25) is 0 Å². The fourth-order valence-corrected chi connectivity index (χ4v) is 2.01. The van der Waals surface area contributed by atoms with Crippen LogP contribution in [0.4, 0.5) is 4.39 Å². The van der Waals surface area contributed by atoms with E-state index in [-0.39, 0.29) is 11.9 Å². The van der Waals surface area contributed by atoms with Gasteiger partial charge in [-0.15, -0.1) is 0 Å². The number of hydrogen-bond acceptors (Lipinski definition) is 2. The number of hydrogen-bond donors (Lipinski definition) is 1. The van der Waals surface area contributed by atoms with Crippen molar-refractivity contribution in [1.29, 1.82) is 0 Å². The number of imidazole rings is 1. The highest BCUT2D eigenvalue weighted by atomic mass is 19.1. The highest BCUT2D eigenvalue weighted by Crippen LogP contribution is 2.21. The highest BCUT2D eigenvalue weighted by molar-refractivity contribution is 5.76. The van der Waals surface area contributed by atoms with Crippen LogP contribution in [0.15, 0.2) is 18.2 Å². The molecular weight excluding hydrogens is 205 g/mol. The van der Waals surface area contributed by atoms with E-state index in [2.05, 4.69) is 17.2 Å². The maximum Gasteiger partial charge on any atom is 0.126 e. The molecule has 0 fully saturated rings. The van der Waals surface area contributed by atoms with Crippen LogP contribution in [0.2, 0.25) is 0 Å². The van der Waals surface area contributed by atoms with Gasteiger partial charge in [0.15, 0.2) is 0 Å². The minimum Gasteiger partial charge on any atom is -0.330 e. The lowest BCUT2D eigenvalue weighted by atomic mass is 10.2.